The Morgan fingerprint density at radius 2 is 2.03 bits per heavy atom. The molecule has 188 valence electrons. The van der Waals surface area contributed by atoms with Crippen molar-refractivity contribution in [1.82, 2.24) is 24.6 Å². The van der Waals surface area contributed by atoms with E-state index in [0.717, 1.165) is 44.9 Å². The predicted octanol–water partition coefficient (Wildman–Crippen LogP) is 3.44. The van der Waals surface area contributed by atoms with Crippen LogP contribution in [0.4, 0.5) is 4.79 Å². The van der Waals surface area contributed by atoms with E-state index in [2.05, 4.69) is 52.1 Å². The van der Waals surface area contributed by atoms with Gasteiger partial charge in [0.1, 0.15) is 17.3 Å². The zero-order valence-corrected chi connectivity index (χ0v) is 21.5. The molecule has 0 radical (unpaired) electrons. The van der Waals surface area contributed by atoms with Gasteiger partial charge in [0, 0.05) is 45.5 Å². The fourth-order valence-corrected chi connectivity index (χ4v) is 5.55. The average Bonchev–Trinajstić information content (AvgIpc) is 3.25. The Morgan fingerprint density at radius 1 is 1.23 bits per heavy atom. The topological polar surface area (TPSA) is 64.5 Å². The Labute approximate surface area is 208 Å². The lowest BCUT2D eigenvalue weighted by Crippen LogP contribution is -2.52. The van der Waals surface area contributed by atoms with Crippen LogP contribution in [0.15, 0.2) is 47.4 Å². The molecule has 0 N–H and O–H groups in total. The van der Waals surface area contributed by atoms with E-state index in [4.69, 9.17) is 14.7 Å². The Morgan fingerprint density at radius 3 is 2.80 bits per heavy atom. The molecule has 8 heteroatoms. The van der Waals surface area contributed by atoms with Gasteiger partial charge in [0.05, 0.1) is 17.8 Å². The number of fused-ring (bicyclic) bond motifs is 2. The predicted molar refractivity (Wildman–Crippen MR) is 137 cm³/mol. The van der Waals surface area contributed by atoms with E-state index < -0.39 is 5.60 Å². The number of carbonyl (C=O) groups excluding carboxylic acids is 1. The molecule has 8 nitrogen and oxygen atoms in total. The zero-order valence-electron chi connectivity index (χ0n) is 21.5. The number of hydrogen-bond acceptors (Lipinski definition) is 7. The Balaban J connectivity index is 1.19. The number of aromatic nitrogens is 1. The van der Waals surface area contributed by atoms with Crippen LogP contribution in [0, 0.1) is 0 Å². The summed E-state index contributed by atoms with van der Waals surface area (Å²) >= 11 is 0. The second-order valence-corrected chi connectivity index (χ2v) is 11.0. The van der Waals surface area contributed by atoms with Gasteiger partial charge in [-0.1, -0.05) is 12.1 Å². The highest BCUT2D eigenvalue weighted by Gasteiger charge is 2.35. The normalized spacial score (nSPS) is 24.2. The van der Waals surface area contributed by atoms with Crippen LogP contribution in [0.2, 0.25) is 0 Å². The van der Waals surface area contributed by atoms with Crippen LogP contribution < -0.4 is 0 Å². The van der Waals surface area contributed by atoms with Crippen molar-refractivity contribution in [2.45, 2.75) is 57.7 Å². The quantitative estimate of drug-likeness (QED) is 0.661. The summed E-state index contributed by atoms with van der Waals surface area (Å²) in [6.45, 7) is 10.4. The third kappa shape index (κ3) is 5.22. The third-order valence-corrected chi connectivity index (χ3v) is 7.20. The lowest BCUT2D eigenvalue weighted by atomic mass is 9.91. The van der Waals surface area contributed by atoms with Gasteiger partial charge in [-0.3, -0.25) is 14.9 Å². The molecule has 1 aromatic heterocycles. The van der Waals surface area contributed by atoms with Gasteiger partial charge in [0.15, 0.2) is 0 Å². The molecule has 5 rings (SSSR count). The van der Waals surface area contributed by atoms with Crippen LogP contribution in [0.5, 0.6) is 0 Å². The van der Waals surface area contributed by atoms with Crippen LogP contribution in [-0.2, 0) is 11.2 Å². The molecule has 4 aliphatic rings. The second-order valence-electron chi connectivity index (χ2n) is 11.0. The first-order valence-electron chi connectivity index (χ1n) is 12.9. The van der Waals surface area contributed by atoms with E-state index >= 15 is 0 Å². The highest BCUT2D eigenvalue weighted by Crippen LogP contribution is 2.33. The largest absolute Gasteiger partial charge is 0.444 e. The highest BCUT2D eigenvalue weighted by molar-refractivity contribution is 5.96. The molecule has 2 unspecified atom stereocenters. The number of aliphatic imine (C=N–C) groups is 1. The molecule has 35 heavy (non-hydrogen) atoms. The minimum Gasteiger partial charge on any atom is -0.444 e. The van der Waals surface area contributed by atoms with Crippen molar-refractivity contribution in [2.24, 2.45) is 4.99 Å². The number of carbonyl (C=O) groups is 1. The van der Waals surface area contributed by atoms with Crippen molar-refractivity contribution in [3.8, 4) is 0 Å². The maximum absolute atomic E-state index is 12.5. The number of pyridine rings is 1. The first-order valence-corrected chi connectivity index (χ1v) is 12.9. The number of ether oxygens (including phenoxy) is 1. The standard InChI is InChI=1S/C27H38N6O2/c1-27(2,3)35-26(34)32-16-14-31(15-17-32)24-12-6-11-23-29-21(19-33(23)24)18-30(4)22-10-5-8-20-9-7-13-28-25(20)22/h6-7,9,11-13,21-22H,5,8,10,14-19H2,1-4H3. The van der Waals surface area contributed by atoms with E-state index in [0.29, 0.717) is 19.1 Å². The number of likely N-dealkylation sites (N-methyl/N-ethyl adjacent to an activating group) is 1. The fourth-order valence-electron chi connectivity index (χ4n) is 5.55. The molecule has 1 saturated heterocycles. The molecular formula is C27H38N6O2. The number of nitrogens with zero attached hydrogens (tertiary/aromatic N) is 6. The first-order chi connectivity index (χ1) is 16.8. The van der Waals surface area contributed by atoms with E-state index in [-0.39, 0.29) is 12.1 Å². The number of hydrogen-bond donors (Lipinski definition) is 0. The number of aryl methyl sites for hydroxylation is 1. The van der Waals surface area contributed by atoms with Crippen molar-refractivity contribution in [2.75, 3.05) is 46.3 Å². The van der Waals surface area contributed by atoms with E-state index in [9.17, 15) is 4.79 Å². The van der Waals surface area contributed by atoms with Crippen LogP contribution >= 0.6 is 0 Å². The summed E-state index contributed by atoms with van der Waals surface area (Å²) in [4.78, 5) is 31.2. The number of amidine groups is 1. The fraction of sp³-hybridized carbons (Fsp3) is 0.593. The SMILES string of the molecule is CN(CC1CN2C(N3CCN(C(=O)OC(C)(C)C)CC3)=CC=CC2=N1)C1CCCc2cccnc21. The lowest BCUT2D eigenvalue weighted by molar-refractivity contribution is 0.0155. The maximum Gasteiger partial charge on any atom is 0.410 e. The summed E-state index contributed by atoms with van der Waals surface area (Å²) in [5, 5.41) is 0. The van der Waals surface area contributed by atoms with Gasteiger partial charge < -0.3 is 19.4 Å². The van der Waals surface area contributed by atoms with Gasteiger partial charge in [-0.15, -0.1) is 0 Å². The highest BCUT2D eigenvalue weighted by atomic mass is 16.6. The summed E-state index contributed by atoms with van der Waals surface area (Å²) in [6, 6.07) is 4.86. The summed E-state index contributed by atoms with van der Waals surface area (Å²) in [5.41, 5.74) is 2.17. The van der Waals surface area contributed by atoms with Gasteiger partial charge in [0.2, 0.25) is 0 Å². The second kappa shape index (κ2) is 9.64. The zero-order chi connectivity index (χ0) is 24.6. The maximum atomic E-state index is 12.5. The average molecular weight is 479 g/mol. The smallest absolute Gasteiger partial charge is 0.410 e. The molecule has 0 bridgehead atoms. The molecule has 0 saturated carbocycles. The number of amides is 1. The van der Waals surface area contributed by atoms with Crippen molar-refractivity contribution in [3.63, 3.8) is 0 Å². The Hall–Kier alpha value is -2.87. The molecule has 1 amide bonds. The number of rotatable bonds is 4. The van der Waals surface area contributed by atoms with Gasteiger partial charge in [-0.25, -0.2) is 4.79 Å². The van der Waals surface area contributed by atoms with Gasteiger partial charge in [0.25, 0.3) is 0 Å². The number of piperazine rings is 1. The Bertz CT molecular complexity index is 1030. The molecule has 0 spiro atoms. The molecule has 4 heterocycles. The van der Waals surface area contributed by atoms with Crippen molar-refractivity contribution in [3.05, 3.63) is 53.6 Å². The van der Waals surface area contributed by atoms with Gasteiger partial charge in [-0.2, -0.15) is 0 Å². The van der Waals surface area contributed by atoms with Crippen LogP contribution in [0.1, 0.15) is 50.9 Å². The summed E-state index contributed by atoms with van der Waals surface area (Å²) < 4.78 is 5.55. The minimum atomic E-state index is -0.468. The van der Waals surface area contributed by atoms with E-state index in [1.807, 2.05) is 31.9 Å². The van der Waals surface area contributed by atoms with Crippen molar-refractivity contribution < 1.29 is 9.53 Å². The number of allylic oxidation sites excluding steroid dienone is 2. The summed E-state index contributed by atoms with van der Waals surface area (Å²) in [7, 11) is 2.22. The van der Waals surface area contributed by atoms with Crippen LogP contribution in [-0.4, -0.2) is 94.5 Å². The molecule has 0 aromatic carbocycles. The third-order valence-electron chi connectivity index (χ3n) is 7.20. The van der Waals surface area contributed by atoms with E-state index in [1.165, 1.54) is 23.5 Å². The van der Waals surface area contributed by atoms with E-state index in [1.54, 1.807) is 0 Å². The minimum absolute atomic E-state index is 0.221. The Kier molecular flexibility index (Phi) is 6.57. The molecule has 1 fully saturated rings. The lowest BCUT2D eigenvalue weighted by Gasteiger charge is -2.41. The first kappa shape index (κ1) is 23.9. The van der Waals surface area contributed by atoms with Crippen LogP contribution in [0.25, 0.3) is 0 Å². The molecule has 2 atom stereocenters. The summed E-state index contributed by atoms with van der Waals surface area (Å²) in [6.07, 6.45) is 11.6. The van der Waals surface area contributed by atoms with Crippen LogP contribution in [0.3, 0.4) is 0 Å². The van der Waals surface area contributed by atoms with Gasteiger partial charge in [-0.05, 0) is 70.9 Å². The molecular weight excluding hydrogens is 440 g/mol. The van der Waals surface area contributed by atoms with Crippen molar-refractivity contribution in [1.29, 1.82) is 0 Å². The molecule has 3 aliphatic heterocycles. The van der Waals surface area contributed by atoms with Gasteiger partial charge >= 0.3 is 6.09 Å². The summed E-state index contributed by atoms with van der Waals surface area (Å²) in [5.74, 6) is 2.22. The molecule has 1 aromatic rings. The molecule has 1 aliphatic carbocycles. The van der Waals surface area contributed by atoms with Crippen molar-refractivity contribution >= 4 is 11.9 Å². The monoisotopic (exact) mass is 478 g/mol.